The zero-order valence-corrected chi connectivity index (χ0v) is 14.0. The Labute approximate surface area is 136 Å². The SMILES string of the molecule is CCc1cccc(NC(C)C(=O)Nc2cccc(SC)c2)c1. The number of amides is 1. The first kappa shape index (κ1) is 16.4. The molecule has 0 saturated carbocycles. The van der Waals surface area contributed by atoms with Crippen LogP contribution in [-0.4, -0.2) is 18.2 Å². The van der Waals surface area contributed by atoms with Crippen LogP contribution in [0.1, 0.15) is 19.4 Å². The second kappa shape index (κ2) is 7.90. The molecule has 2 aromatic rings. The van der Waals surface area contributed by atoms with E-state index in [1.165, 1.54) is 5.56 Å². The molecule has 1 unspecified atom stereocenters. The van der Waals surface area contributed by atoms with E-state index in [1.54, 1.807) is 11.8 Å². The van der Waals surface area contributed by atoms with Gasteiger partial charge in [-0.05, 0) is 55.5 Å². The van der Waals surface area contributed by atoms with Gasteiger partial charge in [0, 0.05) is 16.3 Å². The van der Waals surface area contributed by atoms with Crippen molar-refractivity contribution in [1.29, 1.82) is 0 Å². The van der Waals surface area contributed by atoms with Crippen LogP contribution in [0.5, 0.6) is 0 Å². The molecule has 0 aliphatic heterocycles. The summed E-state index contributed by atoms with van der Waals surface area (Å²) in [5, 5.41) is 6.20. The Kier molecular flexibility index (Phi) is 5.90. The summed E-state index contributed by atoms with van der Waals surface area (Å²) < 4.78 is 0. The highest BCUT2D eigenvalue weighted by atomic mass is 32.2. The van der Waals surface area contributed by atoms with Gasteiger partial charge in [-0.1, -0.05) is 25.1 Å². The Bertz CT molecular complexity index is 642. The number of thioether (sulfide) groups is 1. The minimum atomic E-state index is -0.301. The van der Waals surface area contributed by atoms with Gasteiger partial charge in [0.25, 0.3) is 0 Å². The topological polar surface area (TPSA) is 41.1 Å². The molecule has 0 bridgehead atoms. The van der Waals surface area contributed by atoms with Crippen molar-refractivity contribution >= 4 is 29.0 Å². The van der Waals surface area contributed by atoms with Crippen molar-refractivity contribution in [3.63, 3.8) is 0 Å². The number of hydrogen-bond acceptors (Lipinski definition) is 3. The summed E-state index contributed by atoms with van der Waals surface area (Å²) in [6.07, 6.45) is 3.00. The maximum absolute atomic E-state index is 12.3. The summed E-state index contributed by atoms with van der Waals surface area (Å²) in [4.78, 5) is 13.4. The third-order valence-corrected chi connectivity index (χ3v) is 4.17. The van der Waals surface area contributed by atoms with Crippen LogP contribution < -0.4 is 10.6 Å². The summed E-state index contributed by atoms with van der Waals surface area (Å²) in [5.74, 6) is -0.0415. The van der Waals surface area contributed by atoms with E-state index in [1.807, 2.05) is 49.6 Å². The molecule has 2 rings (SSSR count). The third kappa shape index (κ3) is 4.53. The largest absolute Gasteiger partial charge is 0.374 e. The second-order valence-electron chi connectivity index (χ2n) is 5.14. The molecule has 3 nitrogen and oxygen atoms in total. The molecule has 0 aromatic heterocycles. The highest BCUT2D eigenvalue weighted by Gasteiger charge is 2.13. The Morgan fingerprint density at radius 3 is 2.59 bits per heavy atom. The molecule has 2 N–H and O–H groups in total. The molecular formula is C18H22N2OS. The second-order valence-corrected chi connectivity index (χ2v) is 6.02. The average molecular weight is 314 g/mol. The van der Waals surface area contributed by atoms with Gasteiger partial charge in [0.1, 0.15) is 6.04 Å². The van der Waals surface area contributed by atoms with Crippen LogP contribution in [0.2, 0.25) is 0 Å². The van der Waals surface area contributed by atoms with Crippen LogP contribution in [0.3, 0.4) is 0 Å². The summed E-state index contributed by atoms with van der Waals surface area (Å²) >= 11 is 1.66. The van der Waals surface area contributed by atoms with Crippen LogP contribution in [0, 0.1) is 0 Å². The molecule has 22 heavy (non-hydrogen) atoms. The first-order chi connectivity index (χ1) is 10.6. The molecule has 0 fully saturated rings. The summed E-state index contributed by atoms with van der Waals surface area (Å²) in [7, 11) is 0. The minimum Gasteiger partial charge on any atom is -0.374 e. The van der Waals surface area contributed by atoms with Gasteiger partial charge in [0.2, 0.25) is 5.91 Å². The van der Waals surface area contributed by atoms with Crippen LogP contribution in [-0.2, 0) is 11.2 Å². The monoisotopic (exact) mass is 314 g/mol. The maximum atomic E-state index is 12.3. The van der Waals surface area contributed by atoms with E-state index >= 15 is 0 Å². The highest BCUT2D eigenvalue weighted by molar-refractivity contribution is 7.98. The van der Waals surface area contributed by atoms with E-state index in [4.69, 9.17) is 0 Å². The van der Waals surface area contributed by atoms with E-state index in [0.717, 1.165) is 22.7 Å². The molecule has 1 amide bonds. The molecule has 0 radical (unpaired) electrons. The van der Waals surface area contributed by atoms with E-state index in [9.17, 15) is 4.79 Å². The van der Waals surface area contributed by atoms with Gasteiger partial charge in [0.05, 0.1) is 0 Å². The molecule has 1 atom stereocenters. The number of carbonyl (C=O) groups excluding carboxylic acids is 1. The Morgan fingerprint density at radius 1 is 1.14 bits per heavy atom. The molecule has 2 aromatic carbocycles. The fourth-order valence-corrected chi connectivity index (χ4v) is 2.61. The van der Waals surface area contributed by atoms with E-state index in [2.05, 4.69) is 29.7 Å². The Hall–Kier alpha value is -1.94. The van der Waals surface area contributed by atoms with Gasteiger partial charge in [-0.25, -0.2) is 0 Å². The molecule has 4 heteroatoms. The lowest BCUT2D eigenvalue weighted by Gasteiger charge is -2.16. The number of hydrogen-bond donors (Lipinski definition) is 2. The fourth-order valence-electron chi connectivity index (χ4n) is 2.15. The predicted molar refractivity (Wildman–Crippen MR) is 95.8 cm³/mol. The quantitative estimate of drug-likeness (QED) is 0.776. The standard InChI is InChI=1S/C18H22N2OS/c1-4-14-7-5-8-15(11-14)19-13(2)18(21)20-16-9-6-10-17(12-16)22-3/h5-13,19H,4H2,1-3H3,(H,20,21). The lowest BCUT2D eigenvalue weighted by Crippen LogP contribution is -2.31. The fraction of sp³-hybridized carbons (Fsp3) is 0.278. The number of carbonyl (C=O) groups is 1. The molecular weight excluding hydrogens is 292 g/mol. The van der Waals surface area contributed by atoms with Crippen molar-refractivity contribution in [1.82, 2.24) is 0 Å². The smallest absolute Gasteiger partial charge is 0.246 e. The van der Waals surface area contributed by atoms with Crippen molar-refractivity contribution in [2.24, 2.45) is 0 Å². The summed E-state index contributed by atoms with van der Waals surface area (Å²) in [6, 6.07) is 15.7. The number of anilines is 2. The lowest BCUT2D eigenvalue weighted by molar-refractivity contribution is -0.116. The van der Waals surface area contributed by atoms with E-state index < -0.39 is 0 Å². The van der Waals surface area contributed by atoms with Gasteiger partial charge >= 0.3 is 0 Å². The van der Waals surface area contributed by atoms with Gasteiger partial charge in [-0.15, -0.1) is 11.8 Å². The third-order valence-electron chi connectivity index (χ3n) is 3.45. The molecule has 0 saturated heterocycles. The maximum Gasteiger partial charge on any atom is 0.246 e. The lowest BCUT2D eigenvalue weighted by atomic mass is 10.1. The van der Waals surface area contributed by atoms with Crippen LogP contribution in [0.25, 0.3) is 0 Å². The average Bonchev–Trinajstić information content (AvgIpc) is 2.55. The number of rotatable bonds is 6. The van der Waals surface area contributed by atoms with Crippen molar-refractivity contribution < 1.29 is 4.79 Å². The first-order valence-electron chi connectivity index (χ1n) is 7.42. The van der Waals surface area contributed by atoms with Gasteiger partial charge in [-0.3, -0.25) is 4.79 Å². The molecule has 0 aliphatic carbocycles. The minimum absolute atomic E-state index is 0.0415. The Balaban J connectivity index is 1.99. The van der Waals surface area contributed by atoms with Gasteiger partial charge in [-0.2, -0.15) is 0 Å². The normalized spacial score (nSPS) is 11.8. The number of aryl methyl sites for hydroxylation is 1. The van der Waals surface area contributed by atoms with Crippen molar-refractivity contribution in [2.75, 3.05) is 16.9 Å². The molecule has 0 spiro atoms. The van der Waals surface area contributed by atoms with E-state index in [0.29, 0.717) is 0 Å². The molecule has 0 aliphatic rings. The first-order valence-corrected chi connectivity index (χ1v) is 8.65. The molecule has 0 heterocycles. The van der Waals surface area contributed by atoms with Crippen LogP contribution >= 0.6 is 11.8 Å². The van der Waals surface area contributed by atoms with Gasteiger partial charge in [0.15, 0.2) is 0 Å². The zero-order chi connectivity index (χ0) is 15.9. The number of benzene rings is 2. The predicted octanol–water partition coefficient (Wildman–Crippen LogP) is 4.41. The summed E-state index contributed by atoms with van der Waals surface area (Å²) in [6.45, 7) is 3.99. The van der Waals surface area contributed by atoms with Crippen molar-refractivity contribution in [3.8, 4) is 0 Å². The van der Waals surface area contributed by atoms with Crippen LogP contribution in [0.15, 0.2) is 53.4 Å². The highest BCUT2D eigenvalue weighted by Crippen LogP contribution is 2.19. The number of nitrogens with one attached hydrogen (secondary N) is 2. The molecule has 116 valence electrons. The van der Waals surface area contributed by atoms with E-state index in [-0.39, 0.29) is 11.9 Å². The van der Waals surface area contributed by atoms with Crippen LogP contribution in [0.4, 0.5) is 11.4 Å². The Morgan fingerprint density at radius 2 is 1.86 bits per heavy atom. The zero-order valence-electron chi connectivity index (χ0n) is 13.2. The summed E-state index contributed by atoms with van der Waals surface area (Å²) in [5.41, 5.74) is 3.05. The van der Waals surface area contributed by atoms with Crippen molar-refractivity contribution in [2.45, 2.75) is 31.2 Å². The van der Waals surface area contributed by atoms with Crippen molar-refractivity contribution in [3.05, 3.63) is 54.1 Å². The van der Waals surface area contributed by atoms with Gasteiger partial charge < -0.3 is 10.6 Å².